The molecule has 0 saturated heterocycles. The minimum atomic E-state index is -4.27. The summed E-state index contributed by atoms with van der Waals surface area (Å²) in [7, 11) is 1.50. The maximum atomic E-state index is 14.0. The number of carbonyl (C=O) groups is 1. The molecule has 0 aliphatic carbocycles. The Morgan fingerprint density at radius 2 is 1.49 bits per heavy atom. The Balaban J connectivity index is 2.07. The van der Waals surface area contributed by atoms with Gasteiger partial charge in [0.2, 0.25) is 5.91 Å². The third-order valence-electron chi connectivity index (χ3n) is 5.83. The topological polar surface area (TPSA) is 103 Å². The first-order valence-electron chi connectivity index (χ1n) is 11.6. The molecule has 0 fully saturated rings. The van der Waals surface area contributed by atoms with Crippen LogP contribution in [0.3, 0.4) is 0 Å². The first-order chi connectivity index (χ1) is 17.8. The second kappa shape index (κ2) is 12.4. The number of carbonyl (C=O) groups excluding carboxylic acids is 1. The molecule has 1 amide bonds. The van der Waals surface area contributed by atoms with Crippen molar-refractivity contribution in [3.8, 4) is 23.0 Å². The summed E-state index contributed by atoms with van der Waals surface area (Å²) in [5.41, 5.74) is 1.08. The molecule has 37 heavy (non-hydrogen) atoms. The predicted octanol–water partition coefficient (Wildman–Crippen LogP) is 4.18. The number of hydrogen-bond donors (Lipinski definition) is 1. The van der Waals surface area contributed by atoms with E-state index in [2.05, 4.69) is 5.32 Å². The number of rotatable bonds is 12. The zero-order valence-corrected chi connectivity index (χ0v) is 22.4. The fraction of sp³-hybridized carbons (Fsp3) is 0.296. The molecular weight excluding hydrogens is 496 g/mol. The summed E-state index contributed by atoms with van der Waals surface area (Å²) in [5, 5.41) is 2.95. The third-order valence-corrected chi connectivity index (χ3v) is 7.59. The number of hydrogen-bond acceptors (Lipinski definition) is 7. The van der Waals surface area contributed by atoms with Gasteiger partial charge in [-0.15, -0.1) is 0 Å². The number of amides is 1. The number of nitrogens with zero attached hydrogens (tertiary/aromatic N) is 1. The van der Waals surface area contributed by atoms with Crippen LogP contribution in [0.15, 0.2) is 71.6 Å². The Bertz CT molecular complexity index is 1310. The van der Waals surface area contributed by atoms with Crippen molar-refractivity contribution in [2.75, 3.05) is 39.3 Å². The highest BCUT2D eigenvalue weighted by Gasteiger charge is 2.31. The van der Waals surface area contributed by atoms with Crippen molar-refractivity contribution in [2.45, 2.75) is 24.3 Å². The van der Waals surface area contributed by atoms with Crippen LogP contribution in [0.4, 0.5) is 5.69 Å². The molecule has 0 aliphatic rings. The standard InChI is InChI=1S/C27H32N2O7S/c1-6-22(19-10-8-7-9-11-19)28-27(30)18-29(23-16-20(33-2)12-14-24(23)34-3)37(31,32)21-13-15-25(35-4)26(17-21)36-5/h7-17,22H,6,18H2,1-5H3,(H,28,30)/t22-/m1/s1. The highest BCUT2D eigenvalue weighted by atomic mass is 32.2. The molecule has 0 saturated carbocycles. The Hall–Kier alpha value is -3.92. The van der Waals surface area contributed by atoms with Crippen LogP contribution in [-0.4, -0.2) is 49.3 Å². The van der Waals surface area contributed by atoms with Gasteiger partial charge in [-0.1, -0.05) is 37.3 Å². The third kappa shape index (κ3) is 6.26. The van der Waals surface area contributed by atoms with E-state index >= 15 is 0 Å². The fourth-order valence-electron chi connectivity index (χ4n) is 3.87. The summed E-state index contributed by atoms with van der Waals surface area (Å²) in [6.07, 6.45) is 0.626. The average Bonchev–Trinajstić information content (AvgIpc) is 2.94. The maximum Gasteiger partial charge on any atom is 0.265 e. The van der Waals surface area contributed by atoms with Crippen molar-refractivity contribution < 1.29 is 32.2 Å². The molecule has 0 bridgehead atoms. The number of nitrogens with one attached hydrogen (secondary N) is 1. The first-order valence-corrected chi connectivity index (χ1v) is 13.0. The largest absolute Gasteiger partial charge is 0.497 e. The maximum absolute atomic E-state index is 14.0. The monoisotopic (exact) mass is 528 g/mol. The molecule has 0 spiro atoms. The van der Waals surface area contributed by atoms with Gasteiger partial charge >= 0.3 is 0 Å². The lowest BCUT2D eigenvalue weighted by Gasteiger charge is -2.27. The van der Waals surface area contributed by atoms with Crippen molar-refractivity contribution in [3.05, 3.63) is 72.3 Å². The van der Waals surface area contributed by atoms with Crippen LogP contribution in [0, 0.1) is 0 Å². The molecule has 3 rings (SSSR count). The molecule has 3 aromatic rings. The second-order valence-electron chi connectivity index (χ2n) is 8.01. The van der Waals surface area contributed by atoms with Crippen molar-refractivity contribution in [1.82, 2.24) is 5.32 Å². The van der Waals surface area contributed by atoms with Gasteiger partial charge in [-0.2, -0.15) is 0 Å². The Morgan fingerprint density at radius 1 is 0.838 bits per heavy atom. The Kier molecular flexibility index (Phi) is 9.24. The van der Waals surface area contributed by atoms with E-state index in [4.69, 9.17) is 18.9 Å². The van der Waals surface area contributed by atoms with Crippen LogP contribution in [-0.2, 0) is 14.8 Å². The lowest BCUT2D eigenvalue weighted by molar-refractivity contribution is -0.120. The number of ether oxygens (including phenoxy) is 4. The van der Waals surface area contributed by atoms with Gasteiger partial charge in [-0.05, 0) is 36.2 Å². The molecule has 3 aromatic carbocycles. The smallest absolute Gasteiger partial charge is 0.265 e. The van der Waals surface area contributed by atoms with Gasteiger partial charge in [-0.25, -0.2) is 8.42 Å². The van der Waals surface area contributed by atoms with E-state index in [1.54, 1.807) is 12.1 Å². The van der Waals surface area contributed by atoms with E-state index in [9.17, 15) is 13.2 Å². The fourth-order valence-corrected chi connectivity index (χ4v) is 5.31. The van der Waals surface area contributed by atoms with E-state index in [0.717, 1.165) is 9.87 Å². The Morgan fingerprint density at radius 3 is 2.08 bits per heavy atom. The van der Waals surface area contributed by atoms with Crippen LogP contribution in [0.1, 0.15) is 24.9 Å². The minimum Gasteiger partial charge on any atom is -0.497 e. The molecule has 9 nitrogen and oxygen atoms in total. The van der Waals surface area contributed by atoms with Crippen molar-refractivity contribution in [1.29, 1.82) is 0 Å². The molecule has 10 heteroatoms. The summed E-state index contributed by atoms with van der Waals surface area (Å²) in [6, 6.07) is 18.2. The second-order valence-corrected chi connectivity index (χ2v) is 9.87. The van der Waals surface area contributed by atoms with E-state index < -0.39 is 22.5 Å². The van der Waals surface area contributed by atoms with Crippen molar-refractivity contribution >= 4 is 21.6 Å². The quantitative estimate of drug-likeness (QED) is 0.376. The highest BCUT2D eigenvalue weighted by Crippen LogP contribution is 2.37. The molecule has 0 radical (unpaired) electrons. The van der Waals surface area contributed by atoms with Crippen molar-refractivity contribution in [2.24, 2.45) is 0 Å². The zero-order valence-electron chi connectivity index (χ0n) is 21.6. The van der Waals surface area contributed by atoms with Crippen LogP contribution < -0.4 is 28.6 Å². The number of sulfonamides is 1. The average molecular weight is 529 g/mol. The van der Waals surface area contributed by atoms with Crippen LogP contribution in [0.2, 0.25) is 0 Å². The van der Waals surface area contributed by atoms with Gasteiger partial charge in [-0.3, -0.25) is 9.10 Å². The van der Waals surface area contributed by atoms with E-state index in [-0.39, 0.29) is 28.1 Å². The van der Waals surface area contributed by atoms with Gasteiger partial charge in [0.15, 0.2) is 11.5 Å². The molecule has 0 aromatic heterocycles. The Labute approximate surface area is 218 Å². The molecule has 1 N–H and O–H groups in total. The molecule has 0 unspecified atom stereocenters. The molecule has 1 atom stereocenters. The number of benzene rings is 3. The highest BCUT2D eigenvalue weighted by molar-refractivity contribution is 7.92. The summed E-state index contributed by atoms with van der Waals surface area (Å²) in [5.74, 6) is 0.788. The van der Waals surface area contributed by atoms with Gasteiger partial charge < -0.3 is 24.3 Å². The number of anilines is 1. The first kappa shape index (κ1) is 27.7. The van der Waals surface area contributed by atoms with Gasteiger partial charge in [0.25, 0.3) is 10.0 Å². The summed E-state index contributed by atoms with van der Waals surface area (Å²) >= 11 is 0. The number of methoxy groups -OCH3 is 4. The molecule has 0 heterocycles. The molecule has 0 aliphatic heterocycles. The molecule has 198 valence electrons. The van der Waals surface area contributed by atoms with E-state index in [1.807, 2.05) is 37.3 Å². The van der Waals surface area contributed by atoms with Crippen LogP contribution in [0.5, 0.6) is 23.0 Å². The van der Waals surface area contributed by atoms with Crippen molar-refractivity contribution in [3.63, 3.8) is 0 Å². The summed E-state index contributed by atoms with van der Waals surface area (Å²) in [6.45, 7) is 1.45. The van der Waals surface area contributed by atoms with Gasteiger partial charge in [0.1, 0.15) is 18.0 Å². The minimum absolute atomic E-state index is 0.0853. The van der Waals surface area contributed by atoms with Gasteiger partial charge in [0, 0.05) is 12.1 Å². The SMILES string of the molecule is CC[C@@H](NC(=O)CN(c1cc(OC)ccc1OC)S(=O)(=O)c1ccc(OC)c(OC)c1)c1ccccc1. The molecular formula is C27H32N2O7S. The van der Waals surface area contributed by atoms with Gasteiger partial charge in [0.05, 0.1) is 45.1 Å². The summed E-state index contributed by atoms with van der Waals surface area (Å²) in [4.78, 5) is 13.2. The van der Waals surface area contributed by atoms with Crippen LogP contribution >= 0.6 is 0 Å². The normalized spacial score (nSPS) is 11.8. The summed E-state index contributed by atoms with van der Waals surface area (Å²) < 4.78 is 50.3. The zero-order chi connectivity index (χ0) is 27.0. The van der Waals surface area contributed by atoms with E-state index in [1.165, 1.54) is 52.7 Å². The van der Waals surface area contributed by atoms with Crippen LogP contribution in [0.25, 0.3) is 0 Å². The predicted molar refractivity (Wildman–Crippen MR) is 141 cm³/mol. The lowest BCUT2D eigenvalue weighted by atomic mass is 10.0. The lowest BCUT2D eigenvalue weighted by Crippen LogP contribution is -2.42. The van der Waals surface area contributed by atoms with E-state index in [0.29, 0.717) is 17.9 Å².